The third-order valence-electron chi connectivity index (χ3n) is 6.67. The second-order valence-electron chi connectivity index (χ2n) is 8.95. The average molecular weight is 464 g/mol. The number of rotatable bonds is 9. The highest BCUT2D eigenvalue weighted by Crippen LogP contribution is 2.29. The number of nitrogens with zero attached hydrogens (tertiary/aromatic N) is 2. The monoisotopic (exact) mass is 463 g/mol. The zero-order valence-electron chi connectivity index (χ0n) is 20.4. The number of aromatic nitrogens is 2. The number of ketones is 1. The van der Waals surface area contributed by atoms with Crippen LogP contribution in [0.2, 0.25) is 0 Å². The summed E-state index contributed by atoms with van der Waals surface area (Å²) in [7, 11) is 2.13. The highest BCUT2D eigenvalue weighted by atomic mass is 16.5. The summed E-state index contributed by atoms with van der Waals surface area (Å²) in [6.45, 7) is 3.51. The maximum Gasteiger partial charge on any atom is 0.213 e. The predicted octanol–water partition coefficient (Wildman–Crippen LogP) is 6.33. The Morgan fingerprint density at radius 2 is 1.69 bits per heavy atom. The molecule has 0 saturated heterocycles. The minimum atomic E-state index is 0.166. The summed E-state index contributed by atoms with van der Waals surface area (Å²) >= 11 is 0. The van der Waals surface area contributed by atoms with Crippen LogP contribution in [0.25, 0.3) is 44.9 Å². The third kappa shape index (κ3) is 4.75. The Morgan fingerprint density at radius 3 is 2.54 bits per heavy atom. The quantitative estimate of drug-likeness (QED) is 0.240. The normalized spacial score (nSPS) is 11.8. The van der Waals surface area contributed by atoms with Gasteiger partial charge in [0, 0.05) is 60.4 Å². The number of ether oxygens (including phenoxy) is 1. The third-order valence-corrected chi connectivity index (χ3v) is 6.67. The van der Waals surface area contributed by atoms with Gasteiger partial charge in [0.05, 0.1) is 5.39 Å². The number of hydrogen-bond acceptors (Lipinski definition) is 2. The Bertz CT molecular complexity index is 1540. The van der Waals surface area contributed by atoms with Crippen molar-refractivity contribution in [2.24, 2.45) is 7.05 Å². The molecule has 0 spiro atoms. The van der Waals surface area contributed by atoms with Gasteiger partial charge in [-0.3, -0.25) is 4.79 Å². The molecule has 0 atom stereocenters. The van der Waals surface area contributed by atoms with Gasteiger partial charge in [0.25, 0.3) is 0 Å². The van der Waals surface area contributed by atoms with Crippen LogP contribution >= 0.6 is 0 Å². The second-order valence-corrected chi connectivity index (χ2v) is 8.95. The summed E-state index contributed by atoms with van der Waals surface area (Å²) in [6.07, 6.45) is 7.87. The fourth-order valence-electron chi connectivity index (χ4n) is 4.86. The lowest BCUT2D eigenvalue weighted by atomic mass is 10.1. The van der Waals surface area contributed by atoms with E-state index in [1.165, 1.54) is 43.8 Å². The molecule has 4 nitrogen and oxygen atoms in total. The molecule has 4 heteroatoms. The van der Waals surface area contributed by atoms with E-state index in [2.05, 4.69) is 107 Å². The van der Waals surface area contributed by atoms with Gasteiger partial charge in [-0.05, 0) is 42.3 Å². The van der Waals surface area contributed by atoms with E-state index < -0.39 is 0 Å². The van der Waals surface area contributed by atoms with E-state index in [1.54, 1.807) is 0 Å². The molecule has 0 aliphatic rings. The number of fused-ring (bicyclic) bond motifs is 4. The van der Waals surface area contributed by atoms with E-state index >= 15 is 0 Å². The summed E-state index contributed by atoms with van der Waals surface area (Å²) in [5.41, 5.74) is 6.04. The lowest BCUT2D eigenvalue weighted by Crippen LogP contribution is -2.34. The highest BCUT2D eigenvalue weighted by Gasteiger charge is 2.12. The van der Waals surface area contributed by atoms with Crippen molar-refractivity contribution in [3.05, 3.63) is 90.1 Å². The molecule has 2 heterocycles. The van der Waals surface area contributed by atoms with Crippen molar-refractivity contribution < 1.29 is 14.1 Å². The van der Waals surface area contributed by atoms with E-state index in [-0.39, 0.29) is 12.4 Å². The van der Waals surface area contributed by atoms with Crippen molar-refractivity contribution in [2.45, 2.75) is 26.3 Å². The van der Waals surface area contributed by atoms with Crippen molar-refractivity contribution in [2.75, 3.05) is 13.2 Å². The lowest BCUT2D eigenvalue weighted by Gasteiger charge is -2.05. The SMILES string of the molecule is CCOCC(=O)CCC[n+]1ccc(/C=C/c2ccc3c(c2)c2ccccc2n3C)c2ccccc21. The zero-order valence-corrected chi connectivity index (χ0v) is 20.4. The molecule has 0 amide bonds. The minimum Gasteiger partial charge on any atom is -0.374 e. The van der Waals surface area contributed by atoms with E-state index in [9.17, 15) is 4.79 Å². The number of carbonyl (C=O) groups is 1. The summed E-state index contributed by atoms with van der Waals surface area (Å²) in [4.78, 5) is 11.9. The van der Waals surface area contributed by atoms with Gasteiger partial charge in [-0.1, -0.05) is 48.6 Å². The number of para-hydroxylation sites is 2. The predicted molar refractivity (Wildman–Crippen MR) is 144 cm³/mol. The van der Waals surface area contributed by atoms with Crippen LogP contribution in [-0.2, 0) is 23.1 Å². The Balaban J connectivity index is 1.40. The number of benzene rings is 3. The van der Waals surface area contributed by atoms with Crippen LogP contribution in [0.15, 0.2) is 79.0 Å². The van der Waals surface area contributed by atoms with Gasteiger partial charge >= 0.3 is 0 Å². The van der Waals surface area contributed by atoms with Gasteiger partial charge in [0.1, 0.15) is 13.2 Å². The molecular weight excluding hydrogens is 432 g/mol. The van der Waals surface area contributed by atoms with Crippen LogP contribution in [0.4, 0.5) is 0 Å². The van der Waals surface area contributed by atoms with E-state index in [1.807, 2.05) is 6.92 Å². The summed E-state index contributed by atoms with van der Waals surface area (Å²) in [5.74, 6) is 0.166. The molecular formula is C31H31N2O2+. The summed E-state index contributed by atoms with van der Waals surface area (Å²) < 4.78 is 9.72. The number of carbonyl (C=O) groups excluding carboxylic acids is 1. The number of aryl methyl sites for hydroxylation is 2. The summed E-state index contributed by atoms with van der Waals surface area (Å²) in [6, 6.07) is 25.9. The minimum absolute atomic E-state index is 0.166. The highest BCUT2D eigenvalue weighted by molar-refractivity contribution is 6.08. The molecule has 0 radical (unpaired) electrons. The van der Waals surface area contributed by atoms with Crippen molar-refractivity contribution in [3.8, 4) is 0 Å². The standard InChI is InChI=1S/C31H31N2O2/c1-3-35-22-25(34)9-8-19-33-20-18-24(26-10-4-7-13-31(26)33)16-14-23-15-17-30-28(21-23)27-11-5-6-12-29(27)32(30)2/h4-7,10-18,20-21H,3,8-9,19,22H2,1-2H3/q+1. The molecule has 2 aromatic heterocycles. The van der Waals surface area contributed by atoms with Gasteiger partial charge in [-0.2, -0.15) is 4.57 Å². The largest absolute Gasteiger partial charge is 0.374 e. The Morgan fingerprint density at radius 1 is 0.914 bits per heavy atom. The van der Waals surface area contributed by atoms with Gasteiger partial charge < -0.3 is 9.30 Å². The fourth-order valence-corrected chi connectivity index (χ4v) is 4.86. The first kappa shape index (κ1) is 23.0. The molecule has 0 fully saturated rings. The van der Waals surface area contributed by atoms with Crippen molar-refractivity contribution in [1.82, 2.24) is 4.57 Å². The molecule has 0 aliphatic heterocycles. The maximum absolute atomic E-state index is 11.9. The first-order chi connectivity index (χ1) is 17.2. The smallest absolute Gasteiger partial charge is 0.213 e. The van der Waals surface area contributed by atoms with E-state index in [0.29, 0.717) is 13.0 Å². The van der Waals surface area contributed by atoms with E-state index in [4.69, 9.17) is 4.74 Å². The molecule has 35 heavy (non-hydrogen) atoms. The maximum atomic E-state index is 11.9. The van der Waals surface area contributed by atoms with Crippen molar-refractivity contribution in [3.63, 3.8) is 0 Å². The molecule has 5 rings (SSSR count). The fraction of sp³-hybridized carbons (Fsp3) is 0.226. The van der Waals surface area contributed by atoms with Crippen LogP contribution in [-0.4, -0.2) is 23.6 Å². The molecule has 0 aliphatic carbocycles. The molecule has 0 bridgehead atoms. The van der Waals surface area contributed by atoms with Crippen LogP contribution in [0.1, 0.15) is 30.9 Å². The Labute approximate surface area is 206 Å². The number of Topliss-reactive ketones (excluding diaryl/α,β-unsaturated/α-hetero) is 1. The molecule has 0 N–H and O–H groups in total. The topological polar surface area (TPSA) is 35.1 Å². The second kappa shape index (κ2) is 10.2. The molecule has 3 aromatic carbocycles. The van der Waals surface area contributed by atoms with Crippen LogP contribution < -0.4 is 4.57 Å². The van der Waals surface area contributed by atoms with Crippen molar-refractivity contribution in [1.29, 1.82) is 0 Å². The molecule has 0 unspecified atom stereocenters. The van der Waals surface area contributed by atoms with Gasteiger partial charge in [0.2, 0.25) is 5.52 Å². The number of hydrogen-bond donors (Lipinski definition) is 0. The summed E-state index contributed by atoms with van der Waals surface area (Å²) in [5, 5.41) is 3.77. The zero-order chi connectivity index (χ0) is 24.2. The van der Waals surface area contributed by atoms with Gasteiger partial charge in [0.15, 0.2) is 12.0 Å². The van der Waals surface area contributed by atoms with Crippen LogP contribution in [0.5, 0.6) is 0 Å². The number of pyridine rings is 1. The Kier molecular flexibility index (Phi) is 6.73. The van der Waals surface area contributed by atoms with Crippen LogP contribution in [0, 0.1) is 0 Å². The first-order valence-electron chi connectivity index (χ1n) is 12.3. The molecule has 0 saturated carbocycles. The molecule has 5 aromatic rings. The first-order valence-corrected chi connectivity index (χ1v) is 12.3. The van der Waals surface area contributed by atoms with Crippen molar-refractivity contribution >= 4 is 50.6 Å². The average Bonchev–Trinajstić information content (AvgIpc) is 3.18. The Hall–Kier alpha value is -3.76. The molecule has 176 valence electrons. The van der Waals surface area contributed by atoms with Gasteiger partial charge in [-0.15, -0.1) is 0 Å². The van der Waals surface area contributed by atoms with Crippen LogP contribution in [0.3, 0.4) is 0 Å². The van der Waals surface area contributed by atoms with E-state index in [0.717, 1.165) is 13.0 Å². The van der Waals surface area contributed by atoms with Gasteiger partial charge in [-0.25, -0.2) is 0 Å². The lowest BCUT2D eigenvalue weighted by molar-refractivity contribution is -0.671.